The fraction of sp³-hybridized carbons (Fsp3) is 0.364. The zero-order valence-corrected chi connectivity index (χ0v) is 12.7. The van der Waals surface area contributed by atoms with Gasteiger partial charge in [0.15, 0.2) is 0 Å². The van der Waals surface area contributed by atoms with E-state index in [1.807, 2.05) is 0 Å². The largest absolute Gasteiger partial charge is 0.326 e. The molecular formula is C11H16ClF2N3O3S. The predicted molar refractivity (Wildman–Crippen MR) is 77.2 cm³/mol. The number of hydrogen-bond donors (Lipinski definition) is 3. The summed E-state index contributed by atoms with van der Waals surface area (Å²) in [5.41, 5.74) is 5.22. The molecule has 0 bridgehead atoms. The van der Waals surface area contributed by atoms with Gasteiger partial charge in [0.25, 0.3) is 5.92 Å². The molecule has 0 radical (unpaired) electrons. The molecule has 0 saturated carbocycles. The first kappa shape index (κ1) is 19.7. The molecule has 0 aliphatic heterocycles. The summed E-state index contributed by atoms with van der Waals surface area (Å²) in [6.45, 7) is -0.711. The van der Waals surface area contributed by atoms with Crippen LogP contribution in [0.5, 0.6) is 0 Å². The Balaban J connectivity index is 0.00000400. The first-order chi connectivity index (χ1) is 9.16. The molecule has 0 aliphatic rings. The van der Waals surface area contributed by atoms with Crippen molar-refractivity contribution in [2.75, 3.05) is 18.4 Å². The number of hydrogen-bond acceptors (Lipinski definition) is 4. The quantitative estimate of drug-likeness (QED) is 0.715. The summed E-state index contributed by atoms with van der Waals surface area (Å²) in [6, 6.07) is 5.12. The van der Waals surface area contributed by atoms with Crippen molar-refractivity contribution in [1.29, 1.82) is 0 Å². The van der Waals surface area contributed by atoms with Crippen LogP contribution < -0.4 is 15.8 Å². The van der Waals surface area contributed by atoms with Crippen LogP contribution in [-0.4, -0.2) is 33.3 Å². The number of sulfonamides is 1. The second kappa shape index (κ2) is 7.64. The maximum absolute atomic E-state index is 12.9. The fourth-order valence-corrected chi connectivity index (χ4v) is 2.34. The number of benzene rings is 1. The third-order valence-corrected chi connectivity index (χ3v) is 3.72. The van der Waals surface area contributed by atoms with Crippen molar-refractivity contribution in [3.8, 4) is 0 Å². The number of anilines is 1. The molecule has 0 aliphatic carbocycles. The van der Waals surface area contributed by atoms with Gasteiger partial charge in [-0.05, 0) is 24.3 Å². The molecule has 0 heterocycles. The summed E-state index contributed by atoms with van der Waals surface area (Å²) in [7, 11) is -4.05. The number of amides is 1. The zero-order valence-electron chi connectivity index (χ0n) is 11.1. The lowest BCUT2D eigenvalue weighted by molar-refractivity contribution is -0.114. The number of nitrogens with two attached hydrogens (primary N) is 1. The van der Waals surface area contributed by atoms with Crippen molar-refractivity contribution >= 4 is 34.0 Å². The topological polar surface area (TPSA) is 101 Å². The molecule has 10 heteroatoms. The van der Waals surface area contributed by atoms with E-state index in [1.54, 1.807) is 4.72 Å². The second-order valence-electron chi connectivity index (χ2n) is 4.09. The minimum Gasteiger partial charge on any atom is -0.326 e. The van der Waals surface area contributed by atoms with E-state index in [0.717, 1.165) is 0 Å². The highest BCUT2D eigenvalue weighted by atomic mass is 35.5. The van der Waals surface area contributed by atoms with Crippen LogP contribution in [0, 0.1) is 0 Å². The van der Waals surface area contributed by atoms with Gasteiger partial charge in [0.05, 0.1) is 18.0 Å². The van der Waals surface area contributed by atoms with Crippen molar-refractivity contribution in [3.05, 3.63) is 24.3 Å². The summed E-state index contributed by atoms with van der Waals surface area (Å²) < 4.78 is 51.1. The molecule has 21 heavy (non-hydrogen) atoms. The Morgan fingerprint density at radius 1 is 1.29 bits per heavy atom. The van der Waals surface area contributed by atoms with Crippen molar-refractivity contribution in [2.24, 2.45) is 5.73 Å². The number of alkyl halides is 2. The van der Waals surface area contributed by atoms with Gasteiger partial charge in [0.2, 0.25) is 15.9 Å². The number of carbonyl (C=O) groups excluding carboxylic acids is 1. The van der Waals surface area contributed by atoms with Crippen molar-refractivity contribution in [1.82, 2.24) is 4.72 Å². The average molecular weight is 344 g/mol. The van der Waals surface area contributed by atoms with E-state index in [-0.39, 0.29) is 23.2 Å². The highest BCUT2D eigenvalue weighted by Crippen LogP contribution is 2.15. The van der Waals surface area contributed by atoms with E-state index in [2.05, 4.69) is 5.32 Å². The minimum absolute atomic E-state index is 0. The molecule has 0 unspecified atom stereocenters. The van der Waals surface area contributed by atoms with Gasteiger partial charge < -0.3 is 11.1 Å². The van der Waals surface area contributed by atoms with Gasteiger partial charge in [-0.2, -0.15) is 0 Å². The van der Waals surface area contributed by atoms with E-state index in [4.69, 9.17) is 5.73 Å². The van der Waals surface area contributed by atoms with E-state index in [0.29, 0.717) is 5.69 Å². The van der Waals surface area contributed by atoms with Gasteiger partial charge in [-0.25, -0.2) is 21.9 Å². The highest BCUT2D eigenvalue weighted by Gasteiger charge is 2.29. The van der Waals surface area contributed by atoms with Crippen molar-refractivity contribution in [3.63, 3.8) is 0 Å². The van der Waals surface area contributed by atoms with E-state index in [9.17, 15) is 22.0 Å². The van der Waals surface area contributed by atoms with Crippen molar-refractivity contribution in [2.45, 2.75) is 17.7 Å². The van der Waals surface area contributed by atoms with Gasteiger partial charge in [-0.3, -0.25) is 4.79 Å². The lowest BCUT2D eigenvalue weighted by Crippen LogP contribution is -2.41. The molecule has 0 saturated heterocycles. The Morgan fingerprint density at radius 2 is 1.81 bits per heavy atom. The maximum Gasteiger partial charge on any atom is 0.273 e. The average Bonchev–Trinajstić information content (AvgIpc) is 2.37. The predicted octanol–water partition coefficient (Wildman–Crippen LogP) is 0.939. The molecule has 6 nitrogen and oxygen atoms in total. The molecule has 1 aromatic rings. The molecule has 0 spiro atoms. The zero-order chi connectivity index (χ0) is 15.4. The van der Waals surface area contributed by atoms with Crippen LogP contribution in [0.2, 0.25) is 0 Å². The molecule has 0 aromatic heterocycles. The van der Waals surface area contributed by atoms with E-state index >= 15 is 0 Å². The van der Waals surface area contributed by atoms with Gasteiger partial charge in [-0.15, -0.1) is 12.4 Å². The second-order valence-corrected chi connectivity index (χ2v) is 5.86. The molecule has 120 valence electrons. The Kier molecular flexibility index (Phi) is 7.17. The number of nitrogens with one attached hydrogen (secondary N) is 2. The third kappa shape index (κ3) is 6.34. The lowest BCUT2D eigenvalue weighted by atomic mass is 10.3. The molecular weight excluding hydrogens is 328 g/mol. The number of carbonyl (C=O) groups is 1. The summed E-state index contributed by atoms with van der Waals surface area (Å²) >= 11 is 0. The lowest BCUT2D eigenvalue weighted by Gasteiger charge is -2.14. The van der Waals surface area contributed by atoms with Crippen LogP contribution in [0.1, 0.15) is 6.92 Å². The molecule has 1 amide bonds. The number of halogens is 3. The Morgan fingerprint density at radius 3 is 2.24 bits per heavy atom. The van der Waals surface area contributed by atoms with Crippen molar-refractivity contribution < 1.29 is 22.0 Å². The summed E-state index contributed by atoms with van der Waals surface area (Å²) in [4.78, 5) is 10.6. The first-order valence-corrected chi connectivity index (χ1v) is 7.10. The maximum atomic E-state index is 12.9. The van der Waals surface area contributed by atoms with Gasteiger partial charge in [0, 0.05) is 12.6 Å². The normalized spacial score (nSPS) is 11.6. The molecule has 1 rings (SSSR count). The SMILES string of the molecule is CC(=O)Nc1ccc(S(=O)(=O)NCC(F)(F)CN)cc1.Cl. The highest BCUT2D eigenvalue weighted by molar-refractivity contribution is 7.89. The Labute approximate surface area is 127 Å². The van der Waals surface area contributed by atoms with Gasteiger partial charge in [0.1, 0.15) is 0 Å². The summed E-state index contributed by atoms with van der Waals surface area (Å²) in [6.07, 6.45) is 0. The minimum atomic E-state index is -4.05. The monoisotopic (exact) mass is 343 g/mol. The number of rotatable bonds is 6. The van der Waals surface area contributed by atoms with Crippen LogP contribution >= 0.6 is 12.4 Å². The third-order valence-electron chi connectivity index (χ3n) is 2.30. The smallest absolute Gasteiger partial charge is 0.273 e. The first-order valence-electron chi connectivity index (χ1n) is 5.61. The van der Waals surface area contributed by atoms with Crippen LogP contribution in [0.25, 0.3) is 0 Å². The molecule has 0 fully saturated rings. The molecule has 1 aromatic carbocycles. The van der Waals surface area contributed by atoms with E-state index in [1.165, 1.54) is 31.2 Å². The Bertz CT molecular complexity index is 579. The summed E-state index contributed by atoms with van der Waals surface area (Å²) in [5.74, 6) is -3.61. The van der Waals surface area contributed by atoms with E-state index < -0.39 is 29.0 Å². The molecule has 4 N–H and O–H groups in total. The standard InChI is InChI=1S/C11H15F2N3O3S.ClH/c1-8(17)16-9-2-4-10(5-3-9)20(18,19)15-7-11(12,13)6-14;/h2-5,15H,6-7,14H2,1H3,(H,16,17);1H. The Hall–Kier alpha value is -1.29. The molecule has 0 atom stereocenters. The van der Waals surface area contributed by atoms with Crippen LogP contribution in [-0.2, 0) is 14.8 Å². The van der Waals surface area contributed by atoms with Crippen LogP contribution in [0.4, 0.5) is 14.5 Å². The van der Waals surface area contributed by atoms with Crippen LogP contribution in [0.15, 0.2) is 29.2 Å². The fourth-order valence-electron chi connectivity index (χ4n) is 1.28. The van der Waals surface area contributed by atoms with Gasteiger partial charge in [-0.1, -0.05) is 0 Å². The van der Waals surface area contributed by atoms with Crippen LogP contribution in [0.3, 0.4) is 0 Å². The summed E-state index contributed by atoms with van der Waals surface area (Å²) in [5, 5.41) is 2.46. The van der Waals surface area contributed by atoms with Gasteiger partial charge >= 0.3 is 0 Å².